The smallest absolute Gasteiger partial charge is 0.298 e. The molecule has 1 N–H and O–H groups in total. The van der Waals surface area contributed by atoms with Crippen molar-refractivity contribution in [2.24, 2.45) is 0 Å². The number of aromatic nitrogens is 3. The van der Waals surface area contributed by atoms with Crippen molar-refractivity contribution in [3.05, 3.63) is 47.9 Å². The molecule has 3 aliphatic rings. The second-order valence-corrected chi connectivity index (χ2v) is 9.54. The molecule has 2 fully saturated rings. The molecular formula is C28H27N7O3. The SMILES string of the molecule is CC#CC(=O)N1CC(n2cc(-c3cc(C#N)c4c(c3)Nc3nccc(N5CCOCC5)c3[C@@H](C)O4)cn2)C1. The molecule has 3 aliphatic heterocycles. The number of pyridine rings is 1. The van der Waals surface area contributed by atoms with Gasteiger partial charge in [0.05, 0.1) is 42.3 Å². The highest BCUT2D eigenvalue weighted by Gasteiger charge is 2.32. The van der Waals surface area contributed by atoms with Crippen molar-refractivity contribution in [2.45, 2.75) is 26.0 Å². The maximum Gasteiger partial charge on any atom is 0.298 e. The highest BCUT2D eigenvalue weighted by atomic mass is 16.5. The van der Waals surface area contributed by atoms with Crippen LogP contribution in [0.2, 0.25) is 0 Å². The Bertz CT molecular complexity index is 1500. The topological polar surface area (TPSA) is 109 Å². The molecular weight excluding hydrogens is 482 g/mol. The van der Waals surface area contributed by atoms with Gasteiger partial charge in [-0.05, 0) is 43.5 Å². The molecule has 0 saturated carbocycles. The van der Waals surface area contributed by atoms with Crippen LogP contribution in [0.15, 0.2) is 36.8 Å². The van der Waals surface area contributed by atoms with Gasteiger partial charge in [0, 0.05) is 49.8 Å². The molecule has 1 atom stereocenters. The summed E-state index contributed by atoms with van der Waals surface area (Å²) in [4.78, 5) is 20.6. The Kier molecular flexibility index (Phi) is 6.10. The van der Waals surface area contributed by atoms with Crippen LogP contribution < -0.4 is 15.0 Å². The first-order chi connectivity index (χ1) is 18.6. The Morgan fingerprint density at radius 3 is 2.79 bits per heavy atom. The van der Waals surface area contributed by atoms with E-state index in [0.29, 0.717) is 49.1 Å². The van der Waals surface area contributed by atoms with Crippen molar-refractivity contribution in [3.63, 3.8) is 0 Å². The Hall–Kier alpha value is -4.54. The molecule has 0 aliphatic carbocycles. The molecule has 0 radical (unpaired) electrons. The third-order valence-corrected chi connectivity index (χ3v) is 7.17. The lowest BCUT2D eigenvalue weighted by Crippen LogP contribution is -2.50. The summed E-state index contributed by atoms with van der Waals surface area (Å²) in [6.45, 7) is 7.74. The summed E-state index contributed by atoms with van der Waals surface area (Å²) in [7, 11) is 0. The molecule has 3 aromatic rings. The fraction of sp³-hybridized carbons (Fsp3) is 0.357. The minimum Gasteiger partial charge on any atom is -0.482 e. The van der Waals surface area contributed by atoms with Crippen molar-refractivity contribution in [3.8, 4) is 34.8 Å². The highest BCUT2D eigenvalue weighted by Crippen LogP contribution is 2.45. The largest absolute Gasteiger partial charge is 0.482 e. The fourth-order valence-electron chi connectivity index (χ4n) is 5.17. The number of amides is 1. The Balaban J connectivity index is 1.30. The van der Waals surface area contributed by atoms with E-state index in [-0.39, 0.29) is 18.1 Å². The van der Waals surface area contributed by atoms with Crippen LogP contribution in [0.1, 0.15) is 37.1 Å². The number of fused-ring (bicyclic) bond motifs is 2. The zero-order valence-electron chi connectivity index (χ0n) is 21.3. The van der Waals surface area contributed by atoms with Gasteiger partial charge in [0.1, 0.15) is 18.0 Å². The van der Waals surface area contributed by atoms with Gasteiger partial charge >= 0.3 is 0 Å². The van der Waals surface area contributed by atoms with Crippen LogP contribution in [0.5, 0.6) is 5.75 Å². The third kappa shape index (κ3) is 4.19. The lowest BCUT2D eigenvalue weighted by molar-refractivity contribution is -0.130. The molecule has 5 heterocycles. The Morgan fingerprint density at radius 1 is 1.21 bits per heavy atom. The number of hydrogen-bond donors (Lipinski definition) is 1. The predicted molar refractivity (Wildman–Crippen MR) is 141 cm³/mol. The van der Waals surface area contributed by atoms with Crippen LogP contribution in [-0.4, -0.2) is 65.0 Å². The molecule has 10 nitrogen and oxygen atoms in total. The molecule has 0 spiro atoms. The average molecular weight is 510 g/mol. The van der Waals surface area contributed by atoms with E-state index in [1.165, 1.54) is 0 Å². The Morgan fingerprint density at radius 2 is 2.03 bits per heavy atom. The zero-order chi connectivity index (χ0) is 26.2. The molecule has 6 rings (SSSR count). The van der Waals surface area contributed by atoms with Gasteiger partial charge in [0.2, 0.25) is 0 Å². The van der Waals surface area contributed by atoms with Crippen LogP contribution in [-0.2, 0) is 9.53 Å². The standard InChI is InChI=1S/C28H27N7O3/c1-3-4-25(36)34-16-22(17-34)35-15-21(14-31-35)19-11-20(13-29)27-23(12-19)32-28-26(18(2)38-27)24(5-6-30-28)33-7-9-37-10-8-33/h5-6,11-12,14-15,18,22H,7-10,16-17H2,1-2H3,(H,30,32)/t18-/m1/s1. The number of carbonyl (C=O) groups is 1. The molecule has 1 amide bonds. The number of nitrogens with zero attached hydrogens (tertiary/aromatic N) is 6. The predicted octanol–water partition coefficient (Wildman–Crippen LogP) is 3.26. The first kappa shape index (κ1) is 23.8. The number of carbonyl (C=O) groups excluding carboxylic acids is 1. The summed E-state index contributed by atoms with van der Waals surface area (Å²) in [6.07, 6.45) is 5.21. The third-order valence-electron chi connectivity index (χ3n) is 7.17. The summed E-state index contributed by atoms with van der Waals surface area (Å²) in [5, 5.41) is 18.0. The summed E-state index contributed by atoms with van der Waals surface area (Å²) < 4.78 is 13.8. The van der Waals surface area contributed by atoms with E-state index in [4.69, 9.17) is 9.47 Å². The fourth-order valence-corrected chi connectivity index (χ4v) is 5.17. The van der Waals surface area contributed by atoms with E-state index in [2.05, 4.69) is 38.2 Å². The summed E-state index contributed by atoms with van der Waals surface area (Å²) in [5.41, 5.74) is 4.85. The molecule has 10 heteroatoms. The van der Waals surface area contributed by atoms with Crippen LogP contribution >= 0.6 is 0 Å². The van der Waals surface area contributed by atoms with Crippen molar-refractivity contribution in [1.82, 2.24) is 19.7 Å². The quantitative estimate of drug-likeness (QED) is 0.536. The van der Waals surface area contributed by atoms with E-state index in [0.717, 1.165) is 35.5 Å². The highest BCUT2D eigenvalue weighted by molar-refractivity contribution is 5.94. The van der Waals surface area contributed by atoms with Crippen LogP contribution in [0, 0.1) is 23.2 Å². The first-order valence-corrected chi connectivity index (χ1v) is 12.7. The number of morpholine rings is 1. The maximum atomic E-state index is 11.9. The number of rotatable bonds is 3. The second-order valence-electron chi connectivity index (χ2n) is 9.54. The molecule has 2 saturated heterocycles. The number of nitrogens with one attached hydrogen (secondary N) is 1. The monoisotopic (exact) mass is 509 g/mol. The van der Waals surface area contributed by atoms with Crippen molar-refractivity contribution < 1.29 is 14.3 Å². The number of benzene rings is 1. The number of anilines is 3. The zero-order valence-corrected chi connectivity index (χ0v) is 21.3. The molecule has 0 bridgehead atoms. The second kappa shape index (κ2) is 9.73. The van der Waals surface area contributed by atoms with Crippen molar-refractivity contribution >= 4 is 23.1 Å². The lowest BCUT2D eigenvalue weighted by atomic mass is 10.0. The van der Waals surface area contributed by atoms with Crippen LogP contribution in [0.25, 0.3) is 11.1 Å². The summed E-state index contributed by atoms with van der Waals surface area (Å²) >= 11 is 0. The number of hydrogen-bond acceptors (Lipinski definition) is 8. The van der Waals surface area contributed by atoms with Crippen LogP contribution in [0.4, 0.5) is 17.2 Å². The number of ether oxygens (including phenoxy) is 2. The molecule has 2 aromatic heterocycles. The number of nitriles is 1. The van der Waals surface area contributed by atoms with Crippen LogP contribution in [0.3, 0.4) is 0 Å². The summed E-state index contributed by atoms with van der Waals surface area (Å²) in [6, 6.07) is 8.21. The normalized spacial score (nSPS) is 18.4. The van der Waals surface area contributed by atoms with E-state index >= 15 is 0 Å². The van der Waals surface area contributed by atoms with Gasteiger partial charge in [0.15, 0.2) is 5.75 Å². The minimum atomic E-state index is -0.312. The van der Waals surface area contributed by atoms with E-state index < -0.39 is 0 Å². The molecule has 38 heavy (non-hydrogen) atoms. The van der Waals surface area contributed by atoms with Gasteiger partial charge in [-0.15, -0.1) is 0 Å². The molecule has 192 valence electrons. The lowest BCUT2D eigenvalue weighted by Gasteiger charge is -2.37. The van der Waals surface area contributed by atoms with Gasteiger partial charge in [-0.25, -0.2) is 4.98 Å². The van der Waals surface area contributed by atoms with Gasteiger partial charge in [0.25, 0.3) is 5.91 Å². The van der Waals surface area contributed by atoms with Crippen molar-refractivity contribution in [1.29, 1.82) is 5.26 Å². The van der Waals surface area contributed by atoms with Gasteiger partial charge in [-0.2, -0.15) is 10.4 Å². The minimum absolute atomic E-state index is 0.0969. The molecule has 1 aromatic carbocycles. The van der Waals surface area contributed by atoms with E-state index in [1.807, 2.05) is 36.0 Å². The maximum absolute atomic E-state index is 11.9. The van der Waals surface area contributed by atoms with Gasteiger partial charge < -0.3 is 24.6 Å². The van der Waals surface area contributed by atoms with Gasteiger partial charge in [-0.3, -0.25) is 9.48 Å². The number of likely N-dealkylation sites (tertiary alicyclic amines) is 1. The first-order valence-electron chi connectivity index (χ1n) is 12.7. The van der Waals surface area contributed by atoms with Gasteiger partial charge in [-0.1, -0.05) is 5.92 Å². The Labute approximate surface area is 220 Å². The molecule has 0 unspecified atom stereocenters. The average Bonchev–Trinajstić information content (AvgIpc) is 3.33. The van der Waals surface area contributed by atoms with E-state index in [1.54, 1.807) is 24.2 Å². The van der Waals surface area contributed by atoms with E-state index in [9.17, 15) is 10.1 Å². The summed E-state index contributed by atoms with van der Waals surface area (Å²) in [5.74, 6) is 6.28. The van der Waals surface area contributed by atoms with Crippen molar-refractivity contribution in [2.75, 3.05) is 49.6 Å².